The van der Waals surface area contributed by atoms with Crippen LogP contribution in [0.4, 0.5) is 22.7 Å². The number of aliphatic hydroxyl groups excluding tert-OH is 4. The first kappa shape index (κ1) is 33.8. The van der Waals surface area contributed by atoms with Gasteiger partial charge in [0, 0.05) is 71.2 Å². The summed E-state index contributed by atoms with van der Waals surface area (Å²) in [5.41, 5.74) is 4.34. The Morgan fingerprint density at radius 1 is 0.435 bits per heavy atom. The van der Waals surface area contributed by atoms with Gasteiger partial charge >= 0.3 is 0 Å². The molecule has 11 heteroatoms. The summed E-state index contributed by atoms with van der Waals surface area (Å²) in [6, 6.07) is 26.8. The maximum Gasteiger partial charge on any atom is 0.255 e. The number of nitrogens with one attached hydrogen (secondary N) is 2. The molecule has 240 valence electrons. The average Bonchev–Trinajstić information content (AvgIpc) is 3.08. The number of carbonyl (C=O) groups is 3. The third-order valence-electron chi connectivity index (χ3n) is 7.28. The summed E-state index contributed by atoms with van der Waals surface area (Å²) < 4.78 is 0. The molecule has 4 aromatic rings. The van der Waals surface area contributed by atoms with Crippen LogP contribution in [-0.4, -0.2) is 90.6 Å². The molecule has 0 radical (unpaired) electrons. The maximum atomic E-state index is 13.1. The second kappa shape index (κ2) is 16.8. The van der Waals surface area contributed by atoms with Gasteiger partial charge in [0.2, 0.25) is 0 Å². The number of anilines is 4. The lowest BCUT2D eigenvalue weighted by molar-refractivity contribution is 0.101. The predicted octanol–water partition coefficient (Wildman–Crippen LogP) is 3.00. The minimum Gasteiger partial charge on any atom is -0.395 e. The fourth-order valence-electron chi connectivity index (χ4n) is 4.85. The first-order valence-electron chi connectivity index (χ1n) is 14.9. The topological polar surface area (TPSA) is 163 Å². The van der Waals surface area contributed by atoms with Gasteiger partial charge in [-0.1, -0.05) is 0 Å². The Balaban J connectivity index is 1.32. The second-order valence-corrected chi connectivity index (χ2v) is 10.4. The highest BCUT2D eigenvalue weighted by molar-refractivity contribution is 6.10. The van der Waals surface area contributed by atoms with Crippen LogP contribution >= 0.6 is 0 Å². The van der Waals surface area contributed by atoms with E-state index in [4.69, 9.17) is 0 Å². The van der Waals surface area contributed by atoms with E-state index in [1.165, 1.54) is 0 Å². The molecular formula is C35H38N4O7. The minimum absolute atomic E-state index is 0.0543. The SMILES string of the molecule is O=C(Nc1ccc(C(=O)c2ccc(NC(=O)c3ccc(N(CCO)CCO)cc3)cc2)cc1)c1ccc(N(CCO)CCO)cc1. The zero-order valence-electron chi connectivity index (χ0n) is 25.3. The molecule has 4 rings (SSSR count). The third kappa shape index (κ3) is 8.99. The Bertz CT molecular complexity index is 1440. The smallest absolute Gasteiger partial charge is 0.255 e. The first-order chi connectivity index (χ1) is 22.4. The van der Waals surface area contributed by atoms with E-state index in [1.54, 1.807) is 97.1 Å². The number of nitrogens with zero attached hydrogens (tertiary/aromatic N) is 2. The van der Waals surface area contributed by atoms with Crippen LogP contribution in [0.25, 0.3) is 0 Å². The van der Waals surface area contributed by atoms with E-state index in [-0.39, 0.29) is 44.0 Å². The molecule has 0 aliphatic heterocycles. The molecule has 0 aliphatic carbocycles. The van der Waals surface area contributed by atoms with E-state index < -0.39 is 0 Å². The molecule has 0 atom stereocenters. The lowest BCUT2D eigenvalue weighted by atomic mass is 10.0. The van der Waals surface area contributed by atoms with Crippen molar-refractivity contribution in [3.63, 3.8) is 0 Å². The van der Waals surface area contributed by atoms with Gasteiger partial charge < -0.3 is 40.9 Å². The summed E-state index contributed by atoms with van der Waals surface area (Å²) in [5.74, 6) is -0.853. The second-order valence-electron chi connectivity index (χ2n) is 10.4. The largest absolute Gasteiger partial charge is 0.395 e. The highest BCUT2D eigenvalue weighted by atomic mass is 16.3. The molecule has 6 N–H and O–H groups in total. The van der Waals surface area contributed by atoms with Crippen molar-refractivity contribution in [3.8, 4) is 0 Å². The van der Waals surface area contributed by atoms with Gasteiger partial charge in [0.1, 0.15) is 0 Å². The Labute approximate surface area is 267 Å². The maximum absolute atomic E-state index is 13.1. The van der Waals surface area contributed by atoms with Gasteiger partial charge in [-0.15, -0.1) is 0 Å². The Morgan fingerprint density at radius 3 is 1.00 bits per heavy atom. The molecule has 11 nitrogen and oxygen atoms in total. The van der Waals surface area contributed by atoms with Gasteiger partial charge in [0.25, 0.3) is 11.8 Å². The van der Waals surface area contributed by atoms with Crippen LogP contribution in [-0.2, 0) is 0 Å². The summed E-state index contributed by atoms with van der Waals surface area (Å²) in [6.45, 7) is 1.26. The van der Waals surface area contributed by atoms with Gasteiger partial charge in [-0.05, 0) is 97.1 Å². The standard InChI is InChI=1S/C35H38N4O7/c40-21-17-38(18-22-41)31-13-5-27(6-14-31)34(45)36-29-9-1-25(2-10-29)33(44)26-3-11-30(12-4-26)37-35(46)28-7-15-32(16-8-28)39(19-23-42)20-24-43/h1-16,40-43H,17-24H2,(H,36,45)(H,37,46). The zero-order valence-corrected chi connectivity index (χ0v) is 25.3. The summed E-state index contributed by atoms with van der Waals surface area (Å²) in [4.78, 5) is 42.2. The number of amides is 2. The highest BCUT2D eigenvalue weighted by Gasteiger charge is 2.13. The van der Waals surface area contributed by atoms with Crippen molar-refractivity contribution in [1.29, 1.82) is 0 Å². The summed E-state index contributed by atoms with van der Waals surface area (Å²) in [6.07, 6.45) is 0. The van der Waals surface area contributed by atoms with E-state index in [2.05, 4.69) is 10.6 Å². The molecule has 0 unspecified atom stereocenters. The van der Waals surface area contributed by atoms with Crippen molar-refractivity contribution in [2.24, 2.45) is 0 Å². The number of benzene rings is 4. The van der Waals surface area contributed by atoms with Gasteiger partial charge in [-0.25, -0.2) is 0 Å². The van der Waals surface area contributed by atoms with Crippen LogP contribution in [0.2, 0.25) is 0 Å². The number of ketones is 1. The van der Waals surface area contributed by atoms with Crippen LogP contribution < -0.4 is 20.4 Å². The molecular weight excluding hydrogens is 588 g/mol. The number of hydrogen-bond acceptors (Lipinski definition) is 9. The van der Waals surface area contributed by atoms with Crippen LogP contribution in [0, 0.1) is 0 Å². The number of aliphatic hydroxyl groups is 4. The molecule has 0 bridgehead atoms. The van der Waals surface area contributed by atoms with Crippen molar-refractivity contribution in [3.05, 3.63) is 119 Å². The van der Waals surface area contributed by atoms with Crippen LogP contribution in [0.3, 0.4) is 0 Å². The van der Waals surface area contributed by atoms with Crippen molar-refractivity contribution in [1.82, 2.24) is 0 Å². The molecule has 0 saturated carbocycles. The van der Waals surface area contributed by atoms with E-state index >= 15 is 0 Å². The van der Waals surface area contributed by atoms with Crippen LogP contribution in [0.15, 0.2) is 97.1 Å². The van der Waals surface area contributed by atoms with E-state index in [1.807, 2.05) is 9.80 Å². The average molecular weight is 627 g/mol. The summed E-state index contributed by atoms with van der Waals surface area (Å²) >= 11 is 0. The van der Waals surface area contributed by atoms with Crippen molar-refractivity contribution in [2.75, 3.05) is 73.0 Å². The fraction of sp³-hybridized carbons (Fsp3) is 0.229. The van der Waals surface area contributed by atoms with Gasteiger partial charge in [0.15, 0.2) is 5.78 Å². The molecule has 0 fully saturated rings. The number of hydrogen-bond donors (Lipinski definition) is 6. The molecule has 2 amide bonds. The molecule has 0 saturated heterocycles. The van der Waals surface area contributed by atoms with E-state index in [9.17, 15) is 34.8 Å². The van der Waals surface area contributed by atoms with Gasteiger partial charge in [-0.2, -0.15) is 0 Å². The molecule has 0 heterocycles. The quantitative estimate of drug-likeness (QED) is 0.103. The zero-order chi connectivity index (χ0) is 32.9. The van der Waals surface area contributed by atoms with E-state index in [0.29, 0.717) is 59.8 Å². The summed E-state index contributed by atoms with van der Waals surface area (Å²) in [7, 11) is 0. The van der Waals surface area contributed by atoms with Crippen LogP contribution in [0.5, 0.6) is 0 Å². The molecule has 46 heavy (non-hydrogen) atoms. The monoisotopic (exact) mass is 626 g/mol. The Morgan fingerprint density at radius 2 is 0.717 bits per heavy atom. The lowest BCUT2D eigenvalue weighted by Crippen LogP contribution is -2.29. The first-order valence-corrected chi connectivity index (χ1v) is 14.9. The summed E-state index contributed by atoms with van der Waals surface area (Å²) in [5, 5.41) is 42.6. The van der Waals surface area contributed by atoms with Crippen molar-refractivity contribution < 1.29 is 34.8 Å². The molecule has 0 aromatic heterocycles. The normalized spacial score (nSPS) is 10.7. The van der Waals surface area contributed by atoms with Crippen LogP contribution in [0.1, 0.15) is 36.6 Å². The number of rotatable bonds is 16. The van der Waals surface area contributed by atoms with Gasteiger partial charge in [-0.3, -0.25) is 14.4 Å². The highest BCUT2D eigenvalue weighted by Crippen LogP contribution is 2.20. The number of carbonyl (C=O) groups excluding carboxylic acids is 3. The molecule has 0 aliphatic rings. The minimum atomic E-state index is -0.319. The lowest BCUT2D eigenvalue weighted by Gasteiger charge is -2.23. The third-order valence-corrected chi connectivity index (χ3v) is 7.28. The Kier molecular flexibility index (Phi) is 12.4. The van der Waals surface area contributed by atoms with Crippen molar-refractivity contribution >= 4 is 40.3 Å². The molecule has 4 aromatic carbocycles. The fourth-order valence-corrected chi connectivity index (χ4v) is 4.85. The van der Waals surface area contributed by atoms with Gasteiger partial charge in [0.05, 0.1) is 26.4 Å². The Hall–Kier alpha value is -5.07. The van der Waals surface area contributed by atoms with Crippen molar-refractivity contribution in [2.45, 2.75) is 0 Å². The van der Waals surface area contributed by atoms with E-state index in [0.717, 1.165) is 11.4 Å². The predicted molar refractivity (Wildman–Crippen MR) is 178 cm³/mol. The molecule has 0 spiro atoms.